The van der Waals surface area contributed by atoms with Gasteiger partial charge in [-0.1, -0.05) is 5.57 Å². The second kappa shape index (κ2) is 7.10. The summed E-state index contributed by atoms with van der Waals surface area (Å²) >= 11 is 0. The van der Waals surface area contributed by atoms with Crippen LogP contribution in [0.3, 0.4) is 0 Å². The molecule has 1 amide bonds. The summed E-state index contributed by atoms with van der Waals surface area (Å²) in [4.78, 5) is 19.7. The van der Waals surface area contributed by atoms with Crippen molar-refractivity contribution in [3.05, 3.63) is 34.9 Å². The van der Waals surface area contributed by atoms with Crippen molar-refractivity contribution in [2.45, 2.75) is 57.2 Å². The van der Waals surface area contributed by atoms with Crippen LogP contribution < -0.4 is 5.32 Å². The van der Waals surface area contributed by atoms with Crippen LogP contribution in [-0.2, 0) is 11.2 Å². The van der Waals surface area contributed by atoms with E-state index >= 15 is 0 Å². The van der Waals surface area contributed by atoms with Gasteiger partial charge in [0.2, 0.25) is 5.91 Å². The number of halogens is 4. The number of H-pyrrole nitrogens is 1. The lowest BCUT2D eigenvalue weighted by Gasteiger charge is -2.30. The molecule has 2 heterocycles. The summed E-state index contributed by atoms with van der Waals surface area (Å²) in [7, 11) is 0. The van der Waals surface area contributed by atoms with E-state index in [0.717, 1.165) is 0 Å². The van der Waals surface area contributed by atoms with E-state index in [0.29, 0.717) is 28.7 Å². The van der Waals surface area contributed by atoms with Crippen molar-refractivity contribution in [3.8, 4) is 0 Å². The van der Waals surface area contributed by atoms with Crippen LogP contribution >= 0.6 is 0 Å². The molecule has 8 heteroatoms. The molecule has 2 aliphatic carbocycles. The molecular weight excluding hydrogens is 398 g/mol. The SMILES string of the molecule is O=C1NC(C(F)(F)F)CCC1Cc1cc(F)c2nc(C=C(C3CC3)C3CC3)[nH]c2c1. The lowest BCUT2D eigenvalue weighted by molar-refractivity contribution is -0.169. The monoisotopic (exact) mass is 421 g/mol. The highest BCUT2D eigenvalue weighted by Crippen LogP contribution is 2.49. The average molecular weight is 421 g/mol. The van der Waals surface area contributed by atoms with E-state index in [4.69, 9.17) is 0 Å². The average Bonchev–Trinajstić information content (AvgIpc) is 3.59. The summed E-state index contributed by atoms with van der Waals surface area (Å²) in [6.45, 7) is 0. The van der Waals surface area contributed by atoms with Crippen LogP contribution in [0.25, 0.3) is 17.1 Å². The highest BCUT2D eigenvalue weighted by molar-refractivity contribution is 5.81. The zero-order chi connectivity index (χ0) is 21.0. The number of aromatic amines is 1. The molecule has 1 saturated heterocycles. The molecule has 3 aliphatic rings. The zero-order valence-electron chi connectivity index (χ0n) is 16.4. The summed E-state index contributed by atoms with van der Waals surface area (Å²) in [5, 5.41) is 2.05. The van der Waals surface area contributed by atoms with Crippen LogP contribution in [0.2, 0.25) is 0 Å². The third kappa shape index (κ3) is 3.96. The molecule has 4 nitrogen and oxygen atoms in total. The van der Waals surface area contributed by atoms with Gasteiger partial charge < -0.3 is 10.3 Å². The van der Waals surface area contributed by atoms with Crippen molar-refractivity contribution in [3.63, 3.8) is 0 Å². The standard InChI is InChI=1S/C22H23F4N3O/c23-16-8-11(7-14-5-6-18(22(24,25)26)28-21(14)30)9-17-20(16)29-19(27-17)10-15(12-1-2-12)13-3-4-13/h8-10,12-14,18H,1-7H2,(H,27,29)(H,28,30). The molecule has 0 spiro atoms. The lowest BCUT2D eigenvalue weighted by Crippen LogP contribution is -2.51. The number of allylic oxidation sites excluding steroid dienone is 1. The van der Waals surface area contributed by atoms with Crippen molar-refractivity contribution in [2.24, 2.45) is 17.8 Å². The second-order valence-electron chi connectivity index (χ2n) is 8.87. The maximum atomic E-state index is 14.7. The molecule has 2 N–H and O–H groups in total. The van der Waals surface area contributed by atoms with Crippen molar-refractivity contribution in [1.29, 1.82) is 0 Å². The van der Waals surface area contributed by atoms with Crippen molar-refractivity contribution in [1.82, 2.24) is 15.3 Å². The fraction of sp³-hybridized carbons (Fsp3) is 0.545. The normalized spacial score (nSPS) is 24.7. The van der Waals surface area contributed by atoms with Crippen LogP contribution in [0.5, 0.6) is 0 Å². The molecule has 0 radical (unpaired) electrons. The Balaban J connectivity index is 1.35. The number of aromatic nitrogens is 2. The maximum Gasteiger partial charge on any atom is 0.408 e. The summed E-state index contributed by atoms with van der Waals surface area (Å²) in [5.41, 5.74) is 2.79. The number of alkyl halides is 3. The molecule has 0 bridgehead atoms. The minimum Gasteiger partial charge on any atom is -0.344 e. The van der Waals surface area contributed by atoms with Gasteiger partial charge in [-0.15, -0.1) is 0 Å². The number of hydrogen-bond donors (Lipinski definition) is 2. The van der Waals surface area contributed by atoms with E-state index in [1.165, 1.54) is 37.3 Å². The van der Waals surface area contributed by atoms with Crippen molar-refractivity contribution >= 4 is 23.0 Å². The maximum absolute atomic E-state index is 14.7. The van der Waals surface area contributed by atoms with Gasteiger partial charge in [0.25, 0.3) is 0 Å². The third-order valence-corrected chi connectivity index (χ3v) is 6.39. The van der Waals surface area contributed by atoms with Gasteiger partial charge in [-0.2, -0.15) is 13.2 Å². The molecule has 1 aromatic heterocycles. The number of fused-ring (bicyclic) bond motifs is 1. The van der Waals surface area contributed by atoms with E-state index in [1.54, 1.807) is 6.07 Å². The minimum atomic E-state index is -4.44. The Hall–Kier alpha value is -2.38. The quantitative estimate of drug-likeness (QED) is 0.675. The number of imidazole rings is 1. The first kappa shape index (κ1) is 19.6. The molecule has 2 aromatic rings. The Morgan fingerprint density at radius 2 is 1.80 bits per heavy atom. The third-order valence-electron chi connectivity index (χ3n) is 6.39. The molecule has 2 atom stereocenters. The van der Waals surface area contributed by atoms with Gasteiger partial charge in [0.1, 0.15) is 17.4 Å². The van der Waals surface area contributed by atoms with Crippen molar-refractivity contribution in [2.75, 3.05) is 0 Å². The van der Waals surface area contributed by atoms with Gasteiger partial charge in [-0.05, 0) is 80.6 Å². The van der Waals surface area contributed by atoms with Crippen molar-refractivity contribution < 1.29 is 22.4 Å². The number of hydrogen-bond acceptors (Lipinski definition) is 2. The lowest BCUT2D eigenvalue weighted by atomic mass is 9.88. The predicted molar refractivity (Wildman–Crippen MR) is 104 cm³/mol. The number of carbonyl (C=O) groups is 1. The van der Waals surface area contributed by atoms with E-state index in [9.17, 15) is 22.4 Å². The summed E-state index contributed by atoms with van der Waals surface area (Å²) in [6, 6.07) is 1.29. The van der Waals surface area contributed by atoms with Gasteiger partial charge in [-0.3, -0.25) is 4.79 Å². The van der Waals surface area contributed by atoms with Gasteiger partial charge in [0, 0.05) is 5.92 Å². The Morgan fingerprint density at radius 3 is 2.40 bits per heavy atom. The Labute approximate surface area is 171 Å². The molecule has 3 fully saturated rings. The number of amides is 1. The summed E-state index contributed by atoms with van der Waals surface area (Å²) in [5.74, 6) is 0.197. The number of rotatable bonds is 5. The van der Waals surface area contributed by atoms with Crippen LogP contribution in [0.1, 0.15) is 49.9 Å². The van der Waals surface area contributed by atoms with E-state index < -0.39 is 29.9 Å². The van der Waals surface area contributed by atoms with Gasteiger partial charge in [-0.25, -0.2) is 9.37 Å². The first-order valence-electron chi connectivity index (χ1n) is 10.5. The largest absolute Gasteiger partial charge is 0.408 e. The molecular formula is C22H23F4N3O. The predicted octanol–water partition coefficient (Wildman–Crippen LogP) is 4.91. The Bertz CT molecular complexity index is 1000. The smallest absolute Gasteiger partial charge is 0.344 e. The molecule has 2 saturated carbocycles. The van der Waals surface area contributed by atoms with Crippen LogP contribution in [0, 0.1) is 23.6 Å². The van der Waals surface area contributed by atoms with Crippen LogP contribution in [-0.4, -0.2) is 28.1 Å². The molecule has 5 rings (SSSR count). The van der Waals surface area contributed by atoms with Gasteiger partial charge >= 0.3 is 6.18 Å². The number of piperidine rings is 1. The highest BCUT2D eigenvalue weighted by Gasteiger charge is 2.44. The fourth-order valence-corrected chi connectivity index (χ4v) is 4.48. The number of nitrogens with one attached hydrogen (secondary N) is 2. The van der Waals surface area contributed by atoms with E-state index in [2.05, 4.69) is 21.4 Å². The van der Waals surface area contributed by atoms with Crippen LogP contribution in [0.4, 0.5) is 17.6 Å². The number of nitrogens with zero attached hydrogens (tertiary/aromatic N) is 1. The Morgan fingerprint density at radius 1 is 1.10 bits per heavy atom. The first-order chi connectivity index (χ1) is 14.3. The molecule has 1 aromatic carbocycles. The Kier molecular flexibility index (Phi) is 4.63. The minimum absolute atomic E-state index is 0.124. The summed E-state index contributed by atoms with van der Waals surface area (Å²) in [6.07, 6.45) is 2.61. The van der Waals surface area contributed by atoms with E-state index in [1.807, 2.05) is 0 Å². The first-order valence-corrected chi connectivity index (χ1v) is 10.5. The molecule has 1 aliphatic heterocycles. The molecule has 160 valence electrons. The fourth-order valence-electron chi connectivity index (χ4n) is 4.48. The number of benzene rings is 1. The zero-order valence-corrected chi connectivity index (χ0v) is 16.4. The molecule has 2 unspecified atom stereocenters. The van der Waals surface area contributed by atoms with Gasteiger partial charge in [0.05, 0.1) is 5.52 Å². The number of carbonyl (C=O) groups excluding carboxylic acids is 1. The topological polar surface area (TPSA) is 57.8 Å². The second-order valence-corrected chi connectivity index (χ2v) is 8.87. The molecule has 30 heavy (non-hydrogen) atoms. The van der Waals surface area contributed by atoms with E-state index in [-0.39, 0.29) is 24.8 Å². The summed E-state index contributed by atoms with van der Waals surface area (Å²) < 4.78 is 53.1. The highest BCUT2D eigenvalue weighted by atomic mass is 19.4. The van der Waals surface area contributed by atoms with Crippen LogP contribution in [0.15, 0.2) is 17.7 Å². The van der Waals surface area contributed by atoms with Gasteiger partial charge in [0.15, 0.2) is 5.82 Å².